The molecule has 94 valence electrons. The number of nitrogen functional groups attached to an aromatic ring is 1. The van der Waals surface area contributed by atoms with Crippen molar-refractivity contribution in [2.24, 2.45) is 5.92 Å². The van der Waals surface area contributed by atoms with Gasteiger partial charge >= 0.3 is 0 Å². The van der Waals surface area contributed by atoms with Crippen molar-refractivity contribution in [3.05, 3.63) is 18.0 Å². The van der Waals surface area contributed by atoms with E-state index in [1.165, 1.54) is 31.4 Å². The molecule has 1 fully saturated rings. The molecule has 0 saturated carbocycles. The number of hydrogen-bond acceptors (Lipinski definition) is 3. The lowest BCUT2D eigenvalue weighted by atomic mass is 9.92. The van der Waals surface area contributed by atoms with Gasteiger partial charge in [-0.15, -0.1) is 0 Å². The van der Waals surface area contributed by atoms with Crippen molar-refractivity contribution in [3.8, 4) is 0 Å². The van der Waals surface area contributed by atoms with Crippen molar-refractivity contribution in [1.82, 2.24) is 4.98 Å². The Labute approximate surface area is 104 Å². The number of aryl methyl sites for hydroxylation is 1. The topological polar surface area (TPSA) is 42.2 Å². The monoisotopic (exact) mass is 233 g/mol. The van der Waals surface area contributed by atoms with E-state index in [1.807, 2.05) is 6.92 Å². The van der Waals surface area contributed by atoms with Gasteiger partial charge in [0.15, 0.2) is 0 Å². The highest BCUT2D eigenvalue weighted by molar-refractivity contribution is 5.67. The fraction of sp³-hybridized carbons (Fsp3) is 0.643. The van der Waals surface area contributed by atoms with Crippen LogP contribution in [-0.4, -0.2) is 18.1 Å². The van der Waals surface area contributed by atoms with Crippen LogP contribution < -0.4 is 10.6 Å². The van der Waals surface area contributed by atoms with Gasteiger partial charge in [0.25, 0.3) is 0 Å². The molecular formula is C14H23N3. The summed E-state index contributed by atoms with van der Waals surface area (Å²) in [5, 5.41) is 0. The zero-order chi connectivity index (χ0) is 12.3. The van der Waals surface area contributed by atoms with Crippen LogP contribution in [0, 0.1) is 12.8 Å². The van der Waals surface area contributed by atoms with Crippen LogP contribution in [0.1, 0.15) is 38.3 Å². The van der Waals surface area contributed by atoms with Crippen LogP contribution in [0.25, 0.3) is 0 Å². The summed E-state index contributed by atoms with van der Waals surface area (Å²) in [5.74, 6) is 0.917. The molecule has 2 N–H and O–H groups in total. The highest BCUT2D eigenvalue weighted by atomic mass is 15.1. The number of nitrogens with zero attached hydrogens (tertiary/aromatic N) is 2. The molecule has 1 saturated heterocycles. The average molecular weight is 233 g/mol. The van der Waals surface area contributed by atoms with Gasteiger partial charge < -0.3 is 10.6 Å². The van der Waals surface area contributed by atoms with Crippen molar-refractivity contribution in [3.63, 3.8) is 0 Å². The summed E-state index contributed by atoms with van der Waals surface area (Å²) in [6, 6.07) is 2.11. The molecular weight excluding hydrogens is 210 g/mol. The Morgan fingerprint density at radius 2 is 2.12 bits per heavy atom. The highest BCUT2D eigenvalue weighted by Crippen LogP contribution is 2.29. The highest BCUT2D eigenvalue weighted by Gasteiger charge is 2.20. The van der Waals surface area contributed by atoms with E-state index in [0.717, 1.165) is 30.4 Å². The van der Waals surface area contributed by atoms with E-state index < -0.39 is 0 Å². The van der Waals surface area contributed by atoms with Crippen LogP contribution in [0.5, 0.6) is 0 Å². The van der Waals surface area contributed by atoms with Crippen molar-refractivity contribution in [1.29, 1.82) is 0 Å². The third-order valence-corrected chi connectivity index (χ3v) is 3.70. The van der Waals surface area contributed by atoms with Gasteiger partial charge in [0.2, 0.25) is 0 Å². The summed E-state index contributed by atoms with van der Waals surface area (Å²) >= 11 is 0. The molecule has 0 radical (unpaired) electrons. The van der Waals surface area contributed by atoms with Crippen LogP contribution in [-0.2, 0) is 0 Å². The molecule has 3 nitrogen and oxygen atoms in total. The van der Waals surface area contributed by atoms with Gasteiger partial charge in [-0.1, -0.05) is 19.8 Å². The summed E-state index contributed by atoms with van der Waals surface area (Å²) in [6.45, 7) is 6.57. The van der Waals surface area contributed by atoms with Gasteiger partial charge in [0.05, 0.1) is 17.6 Å². The van der Waals surface area contributed by atoms with Crippen molar-refractivity contribution in [2.75, 3.05) is 23.7 Å². The minimum atomic E-state index is 0.810. The molecule has 0 unspecified atom stereocenters. The van der Waals surface area contributed by atoms with Crippen LogP contribution in [0.4, 0.5) is 11.4 Å². The predicted molar refractivity (Wildman–Crippen MR) is 73.2 cm³/mol. The fourth-order valence-corrected chi connectivity index (χ4v) is 2.70. The summed E-state index contributed by atoms with van der Waals surface area (Å²) in [4.78, 5) is 6.64. The second-order valence-electron chi connectivity index (χ2n) is 5.10. The van der Waals surface area contributed by atoms with Crippen LogP contribution in [0.2, 0.25) is 0 Å². The van der Waals surface area contributed by atoms with Gasteiger partial charge in [-0.3, -0.25) is 4.98 Å². The summed E-state index contributed by atoms with van der Waals surface area (Å²) in [6.07, 6.45) is 7.06. The zero-order valence-corrected chi connectivity index (χ0v) is 10.9. The summed E-state index contributed by atoms with van der Waals surface area (Å²) in [5.41, 5.74) is 9.04. The molecule has 0 spiro atoms. The van der Waals surface area contributed by atoms with Crippen molar-refractivity contribution >= 4 is 11.4 Å². The molecule has 2 rings (SSSR count). The van der Waals surface area contributed by atoms with E-state index in [1.54, 1.807) is 6.20 Å². The minimum Gasteiger partial charge on any atom is -0.396 e. The number of nitrogens with two attached hydrogens (primary N) is 1. The Hall–Kier alpha value is -1.25. The summed E-state index contributed by atoms with van der Waals surface area (Å²) < 4.78 is 0. The number of rotatable bonds is 3. The van der Waals surface area contributed by atoms with Crippen molar-refractivity contribution < 1.29 is 0 Å². The van der Waals surface area contributed by atoms with Gasteiger partial charge in [-0.05, 0) is 31.7 Å². The maximum absolute atomic E-state index is 6.01. The van der Waals surface area contributed by atoms with Gasteiger partial charge in [-0.2, -0.15) is 0 Å². The van der Waals surface area contributed by atoms with E-state index in [4.69, 9.17) is 5.73 Å². The largest absolute Gasteiger partial charge is 0.396 e. The molecule has 0 aromatic carbocycles. The Balaban J connectivity index is 2.02. The molecule has 0 bridgehead atoms. The summed E-state index contributed by atoms with van der Waals surface area (Å²) in [7, 11) is 0. The molecule has 2 heterocycles. The predicted octanol–water partition coefficient (Wildman–Crippen LogP) is 2.99. The quantitative estimate of drug-likeness (QED) is 0.872. The maximum atomic E-state index is 6.01. The average Bonchev–Trinajstić information content (AvgIpc) is 2.34. The molecule has 1 aromatic rings. The third-order valence-electron chi connectivity index (χ3n) is 3.70. The normalized spacial score (nSPS) is 17.4. The number of pyridine rings is 1. The molecule has 0 atom stereocenters. The van der Waals surface area contributed by atoms with Crippen molar-refractivity contribution in [2.45, 2.75) is 39.5 Å². The van der Waals surface area contributed by atoms with E-state index in [9.17, 15) is 0 Å². The van der Waals surface area contributed by atoms with E-state index >= 15 is 0 Å². The van der Waals surface area contributed by atoms with E-state index in [2.05, 4.69) is 22.9 Å². The Bertz CT molecular complexity index is 368. The Morgan fingerprint density at radius 1 is 1.41 bits per heavy atom. The zero-order valence-electron chi connectivity index (χ0n) is 10.9. The Morgan fingerprint density at radius 3 is 2.76 bits per heavy atom. The second-order valence-corrected chi connectivity index (χ2v) is 5.10. The first-order valence-corrected chi connectivity index (χ1v) is 6.67. The Kier molecular flexibility index (Phi) is 3.87. The first-order valence-electron chi connectivity index (χ1n) is 6.67. The van der Waals surface area contributed by atoms with Crippen LogP contribution in [0.15, 0.2) is 12.3 Å². The molecule has 0 aliphatic carbocycles. The van der Waals surface area contributed by atoms with Crippen LogP contribution in [0.3, 0.4) is 0 Å². The third kappa shape index (κ3) is 2.90. The standard InChI is InChI=1S/C14H23N3/c1-3-4-12-5-7-17(8-6-12)14-9-11(2)16-10-13(14)15/h9-10,12H,3-8,15H2,1-2H3. The van der Waals surface area contributed by atoms with Gasteiger partial charge in [0.1, 0.15) is 0 Å². The lowest BCUT2D eigenvalue weighted by Gasteiger charge is -2.34. The smallest absolute Gasteiger partial charge is 0.0738 e. The number of hydrogen-bond donors (Lipinski definition) is 1. The molecule has 1 aliphatic heterocycles. The first-order chi connectivity index (χ1) is 8.20. The molecule has 1 aromatic heterocycles. The molecule has 3 heteroatoms. The van der Waals surface area contributed by atoms with Crippen LogP contribution >= 0.6 is 0 Å². The number of piperidine rings is 1. The lowest BCUT2D eigenvalue weighted by molar-refractivity contribution is 0.378. The fourth-order valence-electron chi connectivity index (χ4n) is 2.70. The molecule has 17 heavy (non-hydrogen) atoms. The number of anilines is 2. The first kappa shape index (κ1) is 12.2. The molecule has 0 amide bonds. The second kappa shape index (κ2) is 5.39. The minimum absolute atomic E-state index is 0.810. The van der Waals surface area contributed by atoms with E-state index in [-0.39, 0.29) is 0 Å². The SMILES string of the molecule is CCCC1CCN(c2cc(C)ncc2N)CC1. The maximum Gasteiger partial charge on any atom is 0.0738 e. The van der Waals surface area contributed by atoms with E-state index in [0.29, 0.717) is 0 Å². The number of aromatic nitrogens is 1. The van der Waals surface area contributed by atoms with Gasteiger partial charge in [-0.25, -0.2) is 0 Å². The lowest BCUT2D eigenvalue weighted by Crippen LogP contribution is -2.34. The molecule has 1 aliphatic rings. The van der Waals surface area contributed by atoms with Gasteiger partial charge in [0, 0.05) is 18.8 Å².